The van der Waals surface area contributed by atoms with E-state index < -0.39 is 4.92 Å². The van der Waals surface area contributed by atoms with E-state index in [2.05, 4.69) is 15.3 Å². The van der Waals surface area contributed by atoms with Gasteiger partial charge in [-0.15, -0.1) is 0 Å². The molecule has 1 aromatic heterocycles. The zero-order valence-electron chi connectivity index (χ0n) is 9.27. The van der Waals surface area contributed by atoms with Gasteiger partial charge in [-0.3, -0.25) is 10.1 Å². The molecule has 88 valence electrons. The van der Waals surface area contributed by atoms with Gasteiger partial charge >= 0.3 is 5.69 Å². The fourth-order valence-corrected chi connectivity index (χ4v) is 1.86. The van der Waals surface area contributed by atoms with Crippen LogP contribution in [0.2, 0.25) is 0 Å². The maximum atomic E-state index is 10.7. The lowest BCUT2D eigenvalue weighted by Crippen LogP contribution is -2.04. The lowest BCUT2D eigenvalue weighted by atomic mass is 10.5. The maximum Gasteiger partial charge on any atom is 0.319 e. The maximum absolute atomic E-state index is 10.7. The van der Waals surface area contributed by atoms with Crippen molar-refractivity contribution >= 4 is 23.4 Å². The molecule has 0 saturated heterocycles. The molecule has 0 radical (unpaired) electrons. The van der Waals surface area contributed by atoms with Crippen LogP contribution in [-0.2, 0) is 0 Å². The van der Waals surface area contributed by atoms with Crippen LogP contribution in [0.3, 0.4) is 0 Å². The summed E-state index contributed by atoms with van der Waals surface area (Å²) in [5.41, 5.74) is -0.0277. The number of hydrogen-bond donors (Lipinski definition) is 1. The fraction of sp³-hybridized carbons (Fsp3) is 0.556. The van der Waals surface area contributed by atoms with E-state index in [1.54, 1.807) is 0 Å². The van der Waals surface area contributed by atoms with E-state index in [0.29, 0.717) is 17.5 Å². The minimum absolute atomic E-state index is 0.0277. The summed E-state index contributed by atoms with van der Waals surface area (Å²) in [5.74, 6) is 1.25. The van der Waals surface area contributed by atoms with Crippen molar-refractivity contribution in [2.24, 2.45) is 0 Å². The van der Waals surface area contributed by atoms with E-state index in [1.807, 2.05) is 13.8 Å². The SMILES string of the molecule is CCCSc1nc(NCC)ncc1[N+](=O)[O-]. The Hall–Kier alpha value is -1.37. The lowest BCUT2D eigenvalue weighted by Gasteiger charge is -2.04. The Morgan fingerprint density at radius 1 is 1.56 bits per heavy atom. The summed E-state index contributed by atoms with van der Waals surface area (Å²) in [6.07, 6.45) is 2.20. The van der Waals surface area contributed by atoms with Crippen molar-refractivity contribution in [2.75, 3.05) is 17.6 Å². The molecular weight excluding hydrogens is 228 g/mol. The highest BCUT2D eigenvalue weighted by atomic mass is 32.2. The van der Waals surface area contributed by atoms with Gasteiger partial charge in [-0.05, 0) is 19.1 Å². The van der Waals surface area contributed by atoms with Crippen molar-refractivity contribution in [1.82, 2.24) is 9.97 Å². The molecule has 6 nitrogen and oxygen atoms in total. The van der Waals surface area contributed by atoms with Crippen molar-refractivity contribution in [3.63, 3.8) is 0 Å². The molecule has 1 N–H and O–H groups in total. The average Bonchev–Trinajstić information content (AvgIpc) is 2.26. The quantitative estimate of drug-likeness (QED) is 0.357. The lowest BCUT2D eigenvalue weighted by molar-refractivity contribution is -0.388. The molecule has 7 heteroatoms. The van der Waals surface area contributed by atoms with E-state index in [9.17, 15) is 10.1 Å². The Balaban J connectivity index is 2.95. The summed E-state index contributed by atoms with van der Waals surface area (Å²) in [6, 6.07) is 0. The van der Waals surface area contributed by atoms with Crippen LogP contribution in [0.15, 0.2) is 11.2 Å². The molecule has 0 aromatic carbocycles. The van der Waals surface area contributed by atoms with Crippen LogP contribution >= 0.6 is 11.8 Å². The van der Waals surface area contributed by atoms with Gasteiger partial charge in [-0.25, -0.2) is 4.98 Å². The molecule has 0 saturated carbocycles. The minimum Gasteiger partial charge on any atom is -0.354 e. The molecule has 0 spiro atoms. The zero-order valence-corrected chi connectivity index (χ0v) is 10.1. The van der Waals surface area contributed by atoms with Crippen molar-refractivity contribution in [1.29, 1.82) is 0 Å². The van der Waals surface area contributed by atoms with Gasteiger partial charge in [0, 0.05) is 6.54 Å². The zero-order chi connectivity index (χ0) is 12.0. The highest BCUT2D eigenvalue weighted by molar-refractivity contribution is 7.99. The third-order valence-electron chi connectivity index (χ3n) is 1.71. The molecule has 0 fully saturated rings. The Morgan fingerprint density at radius 2 is 2.31 bits per heavy atom. The summed E-state index contributed by atoms with van der Waals surface area (Å²) in [4.78, 5) is 18.3. The van der Waals surface area contributed by atoms with E-state index in [0.717, 1.165) is 12.2 Å². The number of anilines is 1. The number of thioether (sulfide) groups is 1. The van der Waals surface area contributed by atoms with Gasteiger partial charge in [-0.1, -0.05) is 18.7 Å². The smallest absolute Gasteiger partial charge is 0.319 e. The normalized spacial score (nSPS) is 10.1. The van der Waals surface area contributed by atoms with Gasteiger partial charge in [0.15, 0.2) is 5.03 Å². The summed E-state index contributed by atoms with van der Waals surface area (Å²) >= 11 is 1.38. The standard InChI is InChI=1S/C9H14N4O2S/c1-3-5-16-8-7(13(14)15)6-11-9(12-8)10-4-2/h6H,3-5H2,1-2H3,(H,10,11,12). The average molecular weight is 242 g/mol. The van der Waals surface area contributed by atoms with Crippen LogP contribution < -0.4 is 5.32 Å². The molecule has 0 atom stereocenters. The minimum atomic E-state index is -0.451. The van der Waals surface area contributed by atoms with Gasteiger partial charge in [-0.2, -0.15) is 4.98 Å². The first-order valence-electron chi connectivity index (χ1n) is 5.07. The van der Waals surface area contributed by atoms with Crippen LogP contribution in [0.4, 0.5) is 11.6 Å². The number of rotatable bonds is 6. The first-order valence-corrected chi connectivity index (χ1v) is 6.05. The molecule has 0 amide bonds. The molecule has 0 aliphatic carbocycles. The first-order chi connectivity index (χ1) is 7.69. The van der Waals surface area contributed by atoms with Crippen molar-refractivity contribution in [3.05, 3.63) is 16.3 Å². The number of nitrogens with zero attached hydrogens (tertiary/aromatic N) is 3. The van der Waals surface area contributed by atoms with Gasteiger partial charge in [0.2, 0.25) is 5.95 Å². The molecule has 1 rings (SSSR count). The van der Waals surface area contributed by atoms with Gasteiger partial charge in [0.05, 0.1) is 4.92 Å². The Bertz CT molecular complexity index is 373. The Labute approximate surface area is 98.0 Å². The third-order valence-corrected chi connectivity index (χ3v) is 2.90. The fourth-order valence-electron chi connectivity index (χ4n) is 1.03. The van der Waals surface area contributed by atoms with E-state index in [-0.39, 0.29) is 5.69 Å². The second-order valence-electron chi connectivity index (χ2n) is 3.02. The van der Waals surface area contributed by atoms with Crippen LogP contribution in [0.1, 0.15) is 20.3 Å². The molecule has 1 heterocycles. The number of hydrogen-bond acceptors (Lipinski definition) is 6. The molecule has 0 bridgehead atoms. The molecule has 0 aliphatic heterocycles. The predicted molar refractivity (Wildman–Crippen MR) is 63.9 cm³/mol. The van der Waals surface area contributed by atoms with Crippen molar-refractivity contribution in [3.8, 4) is 0 Å². The van der Waals surface area contributed by atoms with E-state index in [4.69, 9.17) is 0 Å². The predicted octanol–water partition coefficient (Wildman–Crippen LogP) is 2.32. The molecular formula is C9H14N4O2S. The molecule has 16 heavy (non-hydrogen) atoms. The van der Waals surface area contributed by atoms with Gasteiger partial charge in [0.1, 0.15) is 6.20 Å². The third kappa shape index (κ3) is 3.34. The van der Waals surface area contributed by atoms with Gasteiger partial charge < -0.3 is 5.32 Å². The number of nitrogens with one attached hydrogen (secondary N) is 1. The monoisotopic (exact) mass is 242 g/mol. The van der Waals surface area contributed by atoms with Gasteiger partial charge in [0.25, 0.3) is 0 Å². The summed E-state index contributed by atoms with van der Waals surface area (Å²) in [5, 5.41) is 14.1. The van der Waals surface area contributed by atoms with Crippen LogP contribution in [0.5, 0.6) is 0 Å². The summed E-state index contributed by atoms with van der Waals surface area (Å²) in [6.45, 7) is 4.63. The first kappa shape index (κ1) is 12.7. The molecule has 1 aromatic rings. The Kier molecular flexibility index (Phi) is 4.97. The second-order valence-corrected chi connectivity index (χ2v) is 4.10. The summed E-state index contributed by atoms with van der Waals surface area (Å²) < 4.78 is 0. The highest BCUT2D eigenvalue weighted by Crippen LogP contribution is 2.27. The van der Waals surface area contributed by atoms with Crippen molar-refractivity contribution < 1.29 is 4.92 Å². The van der Waals surface area contributed by atoms with Crippen LogP contribution in [-0.4, -0.2) is 27.2 Å². The van der Waals surface area contributed by atoms with Crippen LogP contribution in [0.25, 0.3) is 0 Å². The van der Waals surface area contributed by atoms with Crippen LogP contribution in [0, 0.1) is 10.1 Å². The number of aromatic nitrogens is 2. The van der Waals surface area contributed by atoms with E-state index >= 15 is 0 Å². The Morgan fingerprint density at radius 3 is 2.88 bits per heavy atom. The largest absolute Gasteiger partial charge is 0.354 e. The highest BCUT2D eigenvalue weighted by Gasteiger charge is 2.17. The number of nitro groups is 1. The second kappa shape index (κ2) is 6.26. The summed E-state index contributed by atoms with van der Waals surface area (Å²) in [7, 11) is 0. The molecule has 0 aliphatic rings. The molecule has 0 unspecified atom stereocenters. The topological polar surface area (TPSA) is 81.0 Å². The van der Waals surface area contributed by atoms with Crippen molar-refractivity contribution in [2.45, 2.75) is 25.3 Å². The van der Waals surface area contributed by atoms with E-state index in [1.165, 1.54) is 18.0 Å².